The van der Waals surface area contributed by atoms with Crippen LogP contribution in [0.15, 0.2) is 36.4 Å². The molecule has 2 rings (SSSR count). The van der Waals surface area contributed by atoms with Crippen molar-refractivity contribution in [1.82, 2.24) is 0 Å². The summed E-state index contributed by atoms with van der Waals surface area (Å²) in [5, 5.41) is 23.0. The highest BCUT2D eigenvalue weighted by Crippen LogP contribution is 2.29. The Bertz CT molecular complexity index is 748. The molecular formula is C14H11ClN2O5. The number of nitro benzene ring substituents is 1. The van der Waals surface area contributed by atoms with E-state index in [-0.39, 0.29) is 27.7 Å². The van der Waals surface area contributed by atoms with Gasteiger partial charge >= 0.3 is 0 Å². The first kappa shape index (κ1) is 15.6. The predicted octanol–water partition coefficient (Wildman–Crippen LogP) is 3.21. The van der Waals surface area contributed by atoms with Crippen LogP contribution in [0.4, 0.5) is 11.4 Å². The number of phenols is 1. The molecule has 2 aromatic rings. The Hall–Kier alpha value is -2.80. The van der Waals surface area contributed by atoms with E-state index in [9.17, 15) is 20.0 Å². The summed E-state index contributed by atoms with van der Waals surface area (Å²) in [6.07, 6.45) is 0. The van der Waals surface area contributed by atoms with Crippen molar-refractivity contribution >= 4 is 28.9 Å². The average molecular weight is 323 g/mol. The number of carbonyl (C=O) groups is 1. The van der Waals surface area contributed by atoms with Gasteiger partial charge in [0.25, 0.3) is 11.6 Å². The van der Waals surface area contributed by atoms with Gasteiger partial charge in [-0.05, 0) is 24.3 Å². The number of ether oxygens (including phenoxy) is 1. The van der Waals surface area contributed by atoms with E-state index in [2.05, 4.69) is 5.32 Å². The molecule has 0 radical (unpaired) electrons. The van der Waals surface area contributed by atoms with Gasteiger partial charge in [0.05, 0.1) is 22.7 Å². The quantitative estimate of drug-likeness (QED) is 0.511. The van der Waals surface area contributed by atoms with Crippen LogP contribution in [-0.2, 0) is 0 Å². The molecule has 1 amide bonds. The highest BCUT2D eigenvalue weighted by molar-refractivity contribution is 6.32. The molecule has 22 heavy (non-hydrogen) atoms. The lowest BCUT2D eigenvalue weighted by Gasteiger charge is -2.09. The van der Waals surface area contributed by atoms with Crippen molar-refractivity contribution in [3.63, 3.8) is 0 Å². The fraction of sp³-hybridized carbons (Fsp3) is 0.0714. The molecule has 0 atom stereocenters. The zero-order valence-electron chi connectivity index (χ0n) is 11.4. The fourth-order valence-corrected chi connectivity index (χ4v) is 2.00. The second-order valence-electron chi connectivity index (χ2n) is 4.26. The van der Waals surface area contributed by atoms with Gasteiger partial charge in [-0.3, -0.25) is 14.9 Å². The topological polar surface area (TPSA) is 102 Å². The minimum absolute atomic E-state index is 0.0638. The van der Waals surface area contributed by atoms with Gasteiger partial charge in [-0.1, -0.05) is 11.6 Å². The monoisotopic (exact) mass is 322 g/mol. The summed E-state index contributed by atoms with van der Waals surface area (Å²) in [7, 11) is 1.45. The molecule has 0 aliphatic heterocycles. The van der Waals surface area contributed by atoms with Crippen LogP contribution in [0.1, 0.15) is 10.4 Å². The number of non-ortho nitro benzene ring substituents is 1. The Morgan fingerprint density at radius 3 is 2.64 bits per heavy atom. The summed E-state index contributed by atoms with van der Waals surface area (Å²) in [5.74, 6) is -0.435. The zero-order chi connectivity index (χ0) is 16.3. The largest absolute Gasteiger partial charge is 0.506 e. The summed E-state index contributed by atoms with van der Waals surface area (Å²) >= 11 is 5.93. The lowest BCUT2D eigenvalue weighted by Crippen LogP contribution is -2.12. The maximum atomic E-state index is 12.1. The second-order valence-corrected chi connectivity index (χ2v) is 4.67. The average Bonchev–Trinajstić information content (AvgIpc) is 2.49. The summed E-state index contributed by atoms with van der Waals surface area (Å²) < 4.78 is 4.98. The van der Waals surface area contributed by atoms with Gasteiger partial charge in [-0.2, -0.15) is 0 Å². The van der Waals surface area contributed by atoms with Crippen LogP contribution >= 0.6 is 11.6 Å². The molecule has 0 aliphatic carbocycles. The Morgan fingerprint density at radius 1 is 1.32 bits per heavy atom. The molecule has 114 valence electrons. The molecular weight excluding hydrogens is 312 g/mol. The number of benzene rings is 2. The molecule has 7 nitrogen and oxygen atoms in total. The molecule has 0 fully saturated rings. The number of halogens is 1. The lowest BCUT2D eigenvalue weighted by atomic mass is 10.2. The Kier molecular flexibility index (Phi) is 4.47. The van der Waals surface area contributed by atoms with E-state index in [1.54, 1.807) is 0 Å². The van der Waals surface area contributed by atoms with Crippen LogP contribution < -0.4 is 10.1 Å². The van der Waals surface area contributed by atoms with Gasteiger partial charge in [-0.15, -0.1) is 0 Å². The van der Waals surface area contributed by atoms with Crippen molar-refractivity contribution in [2.24, 2.45) is 0 Å². The van der Waals surface area contributed by atoms with Gasteiger partial charge in [0.15, 0.2) is 0 Å². The van der Waals surface area contributed by atoms with E-state index in [1.807, 2.05) is 0 Å². The van der Waals surface area contributed by atoms with Gasteiger partial charge < -0.3 is 15.2 Å². The third-order valence-electron chi connectivity index (χ3n) is 2.85. The van der Waals surface area contributed by atoms with Crippen molar-refractivity contribution in [2.75, 3.05) is 12.4 Å². The molecule has 8 heteroatoms. The standard InChI is InChI=1S/C14H11ClN2O5/c1-22-13-5-2-8(6-10(13)15)14(19)16-11-7-9(17(20)21)3-4-12(11)18/h2-7,18H,1H3,(H,16,19). The van der Waals surface area contributed by atoms with E-state index in [4.69, 9.17) is 16.3 Å². The maximum Gasteiger partial charge on any atom is 0.271 e. The van der Waals surface area contributed by atoms with Crippen LogP contribution in [0, 0.1) is 10.1 Å². The number of phenolic OH excluding ortho intramolecular Hbond substituents is 1. The molecule has 0 bridgehead atoms. The molecule has 0 unspecified atom stereocenters. The number of nitrogens with one attached hydrogen (secondary N) is 1. The number of hydrogen-bond acceptors (Lipinski definition) is 5. The van der Waals surface area contributed by atoms with Crippen LogP contribution in [0.5, 0.6) is 11.5 Å². The number of methoxy groups -OCH3 is 1. The molecule has 0 saturated heterocycles. The number of rotatable bonds is 4. The lowest BCUT2D eigenvalue weighted by molar-refractivity contribution is -0.384. The maximum absolute atomic E-state index is 12.1. The Morgan fingerprint density at radius 2 is 2.05 bits per heavy atom. The summed E-state index contributed by atoms with van der Waals surface area (Å²) in [6, 6.07) is 7.73. The van der Waals surface area contributed by atoms with E-state index in [0.717, 1.165) is 18.2 Å². The first-order valence-electron chi connectivity index (χ1n) is 6.04. The number of nitrogens with zero attached hydrogens (tertiary/aromatic N) is 1. The minimum atomic E-state index is -0.626. The molecule has 0 heterocycles. The number of amides is 1. The number of anilines is 1. The SMILES string of the molecule is COc1ccc(C(=O)Nc2cc([N+](=O)[O-])ccc2O)cc1Cl. The van der Waals surface area contributed by atoms with Crippen LogP contribution in [0.3, 0.4) is 0 Å². The van der Waals surface area contributed by atoms with Crippen LogP contribution in [0.25, 0.3) is 0 Å². The van der Waals surface area contributed by atoms with Gasteiger partial charge in [0.2, 0.25) is 0 Å². The molecule has 0 spiro atoms. The summed E-state index contributed by atoms with van der Waals surface area (Å²) in [6.45, 7) is 0. The van der Waals surface area contributed by atoms with E-state index in [1.165, 1.54) is 25.3 Å². The first-order valence-corrected chi connectivity index (χ1v) is 6.42. The zero-order valence-corrected chi connectivity index (χ0v) is 12.1. The van der Waals surface area contributed by atoms with E-state index in [0.29, 0.717) is 5.75 Å². The predicted molar refractivity (Wildman–Crippen MR) is 80.7 cm³/mol. The molecule has 2 N–H and O–H groups in total. The van der Waals surface area contributed by atoms with Gasteiger partial charge in [-0.25, -0.2) is 0 Å². The number of nitro groups is 1. The fourth-order valence-electron chi connectivity index (χ4n) is 1.74. The summed E-state index contributed by atoms with van der Waals surface area (Å²) in [5.41, 5.74) is -0.0938. The van der Waals surface area contributed by atoms with Crippen molar-refractivity contribution in [1.29, 1.82) is 0 Å². The van der Waals surface area contributed by atoms with Crippen LogP contribution in [-0.4, -0.2) is 23.0 Å². The number of carbonyl (C=O) groups excluding carboxylic acids is 1. The Balaban J connectivity index is 2.27. The van der Waals surface area contributed by atoms with E-state index < -0.39 is 10.8 Å². The van der Waals surface area contributed by atoms with E-state index >= 15 is 0 Å². The number of hydrogen-bond donors (Lipinski definition) is 2. The third-order valence-corrected chi connectivity index (χ3v) is 3.15. The normalized spacial score (nSPS) is 10.1. The first-order chi connectivity index (χ1) is 10.4. The smallest absolute Gasteiger partial charge is 0.271 e. The van der Waals surface area contributed by atoms with Gasteiger partial charge in [0, 0.05) is 17.7 Å². The molecule has 0 aromatic heterocycles. The van der Waals surface area contributed by atoms with Crippen LogP contribution in [0.2, 0.25) is 5.02 Å². The minimum Gasteiger partial charge on any atom is -0.506 e. The highest BCUT2D eigenvalue weighted by Gasteiger charge is 2.14. The van der Waals surface area contributed by atoms with Crippen molar-refractivity contribution in [3.8, 4) is 11.5 Å². The van der Waals surface area contributed by atoms with Crippen molar-refractivity contribution in [2.45, 2.75) is 0 Å². The molecule has 2 aromatic carbocycles. The highest BCUT2D eigenvalue weighted by atomic mass is 35.5. The second kappa shape index (κ2) is 6.31. The van der Waals surface area contributed by atoms with Gasteiger partial charge in [0.1, 0.15) is 11.5 Å². The Labute approximate surface area is 130 Å². The van der Waals surface area contributed by atoms with Crippen molar-refractivity contribution in [3.05, 3.63) is 57.1 Å². The molecule has 0 aliphatic rings. The third kappa shape index (κ3) is 3.26. The number of aromatic hydroxyl groups is 1. The summed E-state index contributed by atoms with van der Waals surface area (Å²) in [4.78, 5) is 22.2. The molecule has 0 saturated carbocycles. The van der Waals surface area contributed by atoms with Crippen molar-refractivity contribution < 1.29 is 19.6 Å².